The number of azide groups is 1. The molecule has 0 spiro atoms. The van der Waals surface area contributed by atoms with Crippen LogP contribution in [0.25, 0.3) is 10.4 Å². The van der Waals surface area contributed by atoms with Crippen LogP contribution in [0.5, 0.6) is 0 Å². The number of rotatable bonds is 4. The number of carbonyl (C=O) groups excluding carboxylic acids is 1. The molecule has 0 aromatic carbocycles. The zero-order valence-corrected chi connectivity index (χ0v) is 6.38. The van der Waals surface area contributed by atoms with Crippen LogP contribution in [-0.4, -0.2) is 11.3 Å². The maximum atomic E-state index is 10.4. The molecule has 0 saturated carbocycles. The molecular weight excluding hydrogens is 154 g/mol. The summed E-state index contributed by atoms with van der Waals surface area (Å²) in [5.74, 6) is 0. The minimum Gasteiger partial charge on any atom is -0.281 e. The van der Waals surface area contributed by atoms with E-state index in [4.69, 9.17) is 17.1 Å². The third-order valence-electron chi connectivity index (χ3n) is 1.02. The highest BCUT2D eigenvalue weighted by molar-refractivity contribution is 6.64. The Morgan fingerprint density at radius 2 is 2.50 bits per heavy atom. The lowest BCUT2D eigenvalue weighted by Gasteiger charge is -2.00. The molecule has 0 saturated heterocycles. The first-order valence-corrected chi connectivity index (χ1v) is 3.33. The Hall–Kier alpha value is -0.730. The van der Waals surface area contributed by atoms with Gasteiger partial charge in [0.1, 0.15) is 6.04 Å². The molecule has 0 aliphatic heterocycles. The van der Waals surface area contributed by atoms with E-state index in [1.807, 2.05) is 6.92 Å². The van der Waals surface area contributed by atoms with Gasteiger partial charge >= 0.3 is 0 Å². The molecule has 0 fully saturated rings. The highest BCUT2D eigenvalue weighted by Gasteiger charge is 2.11. The van der Waals surface area contributed by atoms with E-state index in [1.54, 1.807) is 0 Å². The predicted molar refractivity (Wildman–Crippen MR) is 38.7 cm³/mol. The fraction of sp³-hybridized carbons (Fsp3) is 0.800. The van der Waals surface area contributed by atoms with Crippen LogP contribution >= 0.6 is 11.6 Å². The van der Waals surface area contributed by atoms with Gasteiger partial charge in [0.2, 0.25) is 5.24 Å². The van der Waals surface area contributed by atoms with Crippen molar-refractivity contribution in [1.29, 1.82) is 0 Å². The van der Waals surface area contributed by atoms with Gasteiger partial charge < -0.3 is 0 Å². The van der Waals surface area contributed by atoms with Gasteiger partial charge in [0.05, 0.1) is 0 Å². The van der Waals surface area contributed by atoms with Gasteiger partial charge in [-0.25, -0.2) is 0 Å². The van der Waals surface area contributed by atoms with E-state index in [0.717, 1.165) is 6.42 Å². The van der Waals surface area contributed by atoms with Gasteiger partial charge in [0, 0.05) is 4.91 Å². The first-order valence-electron chi connectivity index (χ1n) is 2.96. The molecule has 1 atom stereocenters. The number of halogens is 1. The smallest absolute Gasteiger partial charge is 0.230 e. The van der Waals surface area contributed by atoms with E-state index < -0.39 is 11.3 Å². The van der Waals surface area contributed by atoms with Crippen LogP contribution in [-0.2, 0) is 4.79 Å². The summed E-state index contributed by atoms with van der Waals surface area (Å²) in [6, 6.07) is -0.684. The second-order valence-corrected chi connectivity index (χ2v) is 2.19. The lowest BCUT2D eigenvalue weighted by molar-refractivity contribution is -0.112. The molecule has 0 rings (SSSR count). The fourth-order valence-electron chi connectivity index (χ4n) is 0.552. The lowest BCUT2D eigenvalue weighted by atomic mass is 10.2. The molecule has 0 N–H and O–H groups in total. The quantitative estimate of drug-likeness (QED) is 0.270. The molecule has 4 nitrogen and oxygen atoms in total. The molecular formula is C5H8ClN3O. The number of hydrogen-bond acceptors (Lipinski definition) is 2. The Morgan fingerprint density at radius 3 is 2.80 bits per heavy atom. The van der Waals surface area contributed by atoms with Crippen LogP contribution in [0.2, 0.25) is 0 Å². The number of nitrogens with zero attached hydrogens (tertiary/aromatic N) is 3. The molecule has 0 unspecified atom stereocenters. The van der Waals surface area contributed by atoms with E-state index in [1.165, 1.54) is 0 Å². The van der Waals surface area contributed by atoms with Crippen molar-refractivity contribution >= 4 is 16.8 Å². The molecule has 0 radical (unpaired) electrons. The van der Waals surface area contributed by atoms with Crippen molar-refractivity contribution in [3.05, 3.63) is 10.4 Å². The molecule has 0 bridgehead atoms. The van der Waals surface area contributed by atoms with Crippen molar-refractivity contribution < 1.29 is 4.79 Å². The molecule has 56 valence electrons. The largest absolute Gasteiger partial charge is 0.281 e. The van der Waals surface area contributed by atoms with Gasteiger partial charge in [-0.2, -0.15) is 0 Å². The summed E-state index contributed by atoms with van der Waals surface area (Å²) in [4.78, 5) is 12.9. The van der Waals surface area contributed by atoms with Crippen LogP contribution in [0.15, 0.2) is 5.11 Å². The van der Waals surface area contributed by atoms with E-state index in [-0.39, 0.29) is 0 Å². The summed E-state index contributed by atoms with van der Waals surface area (Å²) >= 11 is 5.10. The van der Waals surface area contributed by atoms with Crippen molar-refractivity contribution in [2.75, 3.05) is 0 Å². The van der Waals surface area contributed by atoms with Gasteiger partial charge in [0.25, 0.3) is 0 Å². The second kappa shape index (κ2) is 5.09. The van der Waals surface area contributed by atoms with Crippen LogP contribution < -0.4 is 0 Å². The fourth-order valence-corrected chi connectivity index (χ4v) is 0.705. The van der Waals surface area contributed by atoms with Gasteiger partial charge in [-0.1, -0.05) is 18.5 Å². The van der Waals surface area contributed by atoms with Gasteiger partial charge in [-0.05, 0) is 23.6 Å². The average Bonchev–Trinajstić information content (AvgIpc) is 1.87. The monoisotopic (exact) mass is 161 g/mol. The molecule has 5 heteroatoms. The van der Waals surface area contributed by atoms with Crippen molar-refractivity contribution in [3.63, 3.8) is 0 Å². The highest BCUT2D eigenvalue weighted by Crippen LogP contribution is 2.05. The van der Waals surface area contributed by atoms with E-state index >= 15 is 0 Å². The summed E-state index contributed by atoms with van der Waals surface area (Å²) in [7, 11) is 0. The number of hydrogen-bond donors (Lipinski definition) is 0. The van der Waals surface area contributed by atoms with Crippen LogP contribution in [0, 0.1) is 0 Å². The molecule has 0 aromatic rings. The predicted octanol–water partition coefficient (Wildman–Crippen LogP) is 2.23. The third-order valence-corrected chi connectivity index (χ3v) is 1.27. The van der Waals surface area contributed by atoms with Crippen molar-refractivity contribution in [1.82, 2.24) is 0 Å². The minimum absolute atomic E-state index is 0.520. The normalized spacial score (nSPS) is 11.8. The van der Waals surface area contributed by atoms with Gasteiger partial charge in [0.15, 0.2) is 0 Å². The summed E-state index contributed by atoms with van der Waals surface area (Å²) in [5.41, 5.74) is 7.96. The SMILES string of the molecule is CCC[C@H](N=[N+]=[N-])C(=O)Cl. The van der Waals surface area contributed by atoms with Crippen molar-refractivity contribution in [2.24, 2.45) is 5.11 Å². The van der Waals surface area contributed by atoms with Crippen molar-refractivity contribution in [2.45, 2.75) is 25.8 Å². The lowest BCUT2D eigenvalue weighted by Crippen LogP contribution is -2.10. The maximum Gasteiger partial charge on any atom is 0.230 e. The Labute approximate surface area is 63.8 Å². The summed E-state index contributed by atoms with van der Waals surface area (Å²) in [6.45, 7) is 1.89. The summed E-state index contributed by atoms with van der Waals surface area (Å²) in [5, 5.41) is 2.63. The maximum absolute atomic E-state index is 10.4. The second-order valence-electron chi connectivity index (χ2n) is 1.81. The topological polar surface area (TPSA) is 65.8 Å². The molecule has 10 heavy (non-hydrogen) atoms. The molecule has 0 aliphatic carbocycles. The minimum atomic E-state index is -0.684. The standard InChI is InChI=1S/C5H8ClN3O/c1-2-3-4(5(6)10)8-9-7/h4H,2-3H2,1H3/t4-/m0/s1. The summed E-state index contributed by atoms with van der Waals surface area (Å²) in [6.07, 6.45) is 1.30. The van der Waals surface area contributed by atoms with Crippen molar-refractivity contribution in [3.8, 4) is 0 Å². The van der Waals surface area contributed by atoms with E-state index in [2.05, 4.69) is 10.0 Å². The highest BCUT2D eigenvalue weighted by atomic mass is 35.5. The Kier molecular flexibility index (Phi) is 4.72. The zero-order chi connectivity index (χ0) is 7.98. The Balaban J connectivity index is 3.97. The van der Waals surface area contributed by atoms with Gasteiger partial charge in [-0.3, -0.25) is 4.79 Å². The third kappa shape index (κ3) is 3.33. The summed E-state index contributed by atoms with van der Waals surface area (Å²) < 4.78 is 0. The molecule has 0 aromatic heterocycles. The first-order chi connectivity index (χ1) is 4.72. The average molecular weight is 162 g/mol. The van der Waals surface area contributed by atoms with E-state index in [9.17, 15) is 4.79 Å². The van der Waals surface area contributed by atoms with Crippen LogP contribution in [0.3, 0.4) is 0 Å². The number of carbonyl (C=O) groups is 1. The van der Waals surface area contributed by atoms with Crippen LogP contribution in [0.1, 0.15) is 19.8 Å². The van der Waals surface area contributed by atoms with Gasteiger partial charge in [-0.15, -0.1) is 0 Å². The Bertz CT molecular complexity index is 162. The molecule has 0 heterocycles. The molecule has 0 amide bonds. The molecule has 0 aliphatic rings. The first kappa shape index (κ1) is 9.27. The Morgan fingerprint density at radius 1 is 1.90 bits per heavy atom. The van der Waals surface area contributed by atoms with E-state index in [0.29, 0.717) is 6.42 Å². The van der Waals surface area contributed by atoms with Crippen LogP contribution in [0.4, 0.5) is 0 Å². The zero-order valence-electron chi connectivity index (χ0n) is 5.62.